The minimum absolute atomic E-state index is 0.0389. The van der Waals surface area contributed by atoms with Gasteiger partial charge in [0.2, 0.25) is 0 Å². The summed E-state index contributed by atoms with van der Waals surface area (Å²) in [6, 6.07) is 3.44. The molecule has 0 fully saturated rings. The zero-order valence-electron chi connectivity index (χ0n) is 8.56. The van der Waals surface area contributed by atoms with Gasteiger partial charge in [0.05, 0.1) is 6.20 Å². The highest BCUT2D eigenvalue weighted by atomic mass is 19.1. The Kier molecular flexibility index (Phi) is 1.84. The molecule has 0 unspecified atom stereocenters. The van der Waals surface area contributed by atoms with Gasteiger partial charge in [0.25, 0.3) is 0 Å². The molecule has 0 bridgehead atoms. The molecule has 0 saturated heterocycles. The summed E-state index contributed by atoms with van der Waals surface area (Å²) >= 11 is 0. The quantitative estimate of drug-likeness (QED) is 0.683. The van der Waals surface area contributed by atoms with E-state index in [2.05, 4.69) is 30.7 Å². The van der Waals surface area contributed by atoms with Crippen LogP contribution in [0.2, 0.25) is 0 Å². The second-order valence-corrected chi connectivity index (χ2v) is 4.52. The van der Waals surface area contributed by atoms with Crippen LogP contribution in [0, 0.1) is 5.82 Å². The number of halogens is 1. The van der Waals surface area contributed by atoms with E-state index in [9.17, 15) is 4.39 Å². The van der Waals surface area contributed by atoms with E-state index in [4.69, 9.17) is 0 Å². The van der Waals surface area contributed by atoms with E-state index in [0.717, 1.165) is 16.7 Å². The van der Waals surface area contributed by atoms with Crippen molar-refractivity contribution in [2.45, 2.75) is 26.2 Å². The van der Waals surface area contributed by atoms with Gasteiger partial charge in [-0.1, -0.05) is 20.8 Å². The van der Waals surface area contributed by atoms with Crippen LogP contribution in [-0.4, -0.2) is 9.97 Å². The van der Waals surface area contributed by atoms with Gasteiger partial charge in [-0.25, -0.2) is 9.37 Å². The minimum atomic E-state index is -0.294. The van der Waals surface area contributed by atoms with Crippen molar-refractivity contribution >= 4 is 11.0 Å². The van der Waals surface area contributed by atoms with Crippen LogP contribution in [0.25, 0.3) is 11.0 Å². The second kappa shape index (κ2) is 2.80. The number of fused-ring (bicyclic) bond motifs is 1. The maximum atomic E-state index is 12.9. The Morgan fingerprint density at radius 1 is 1.29 bits per heavy atom. The molecule has 2 nitrogen and oxygen atoms in total. The lowest BCUT2D eigenvalue weighted by Gasteiger charge is -2.15. The van der Waals surface area contributed by atoms with Crippen molar-refractivity contribution in [3.63, 3.8) is 0 Å². The Bertz CT molecular complexity index is 466. The fourth-order valence-electron chi connectivity index (χ4n) is 1.39. The summed E-state index contributed by atoms with van der Waals surface area (Å²) in [6.45, 7) is 6.32. The topological polar surface area (TPSA) is 28.7 Å². The highest BCUT2D eigenvalue weighted by molar-refractivity contribution is 5.76. The van der Waals surface area contributed by atoms with E-state index in [0.29, 0.717) is 0 Å². The molecule has 0 radical (unpaired) electrons. The highest BCUT2D eigenvalue weighted by Gasteiger charge is 2.16. The Balaban J connectivity index is 2.63. The van der Waals surface area contributed by atoms with Crippen LogP contribution in [0.3, 0.4) is 0 Å². The lowest BCUT2D eigenvalue weighted by Crippen LogP contribution is -2.11. The van der Waals surface area contributed by atoms with E-state index in [1.807, 2.05) is 6.07 Å². The van der Waals surface area contributed by atoms with Crippen molar-refractivity contribution in [1.82, 2.24) is 9.97 Å². The zero-order chi connectivity index (χ0) is 10.3. The maximum Gasteiger partial charge on any atom is 0.142 e. The Labute approximate surface area is 82.2 Å². The van der Waals surface area contributed by atoms with Crippen LogP contribution in [0.4, 0.5) is 4.39 Å². The van der Waals surface area contributed by atoms with Crippen molar-refractivity contribution in [1.29, 1.82) is 0 Å². The molecule has 3 heteroatoms. The molecular formula is C11H13FN2. The lowest BCUT2D eigenvalue weighted by molar-refractivity contribution is 0.574. The van der Waals surface area contributed by atoms with Crippen molar-refractivity contribution in [3.8, 4) is 0 Å². The van der Waals surface area contributed by atoms with Crippen LogP contribution in [0.1, 0.15) is 26.5 Å². The molecule has 2 aromatic heterocycles. The number of nitrogens with one attached hydrogen (secondary N) is 1. The largest absolute Gasteiger partial charge is 0.343 e. The predicted octanol–water partition coefficient (Wildman–Crippen LogP) is 3.00. The van der Waals surface area contributed by atoms with Crippen molar-refractivity contribution in [3.05, 3.63) is 29.8 Å². The SMILES string of the molecule is CC(C)(C)c1cc2cc(F)cnc2[nH]1. The number of aromatic amines is 1. The second-order valence-electron chi connectivity index (χ2n) is 4.52. The number of hydrogen-bond acceptors (Lipinski definition) is 1. The van der Waals surface area contributed by atoms with Crippen molar-refractivity contribution in [2.75, 3.05) is 0 Å². The predicted molar refractivity (Wildman–Crippen MR) is 54.8 cm³/mol. The van der Waals surface area contributed by atoms with Gasteiger partial charge < -0.3 is 4.98 Å². The van der Waals surface area contributed by atoms with Gasteiger partial charge in [-0.05, 0) is 12.1 Å². The molecular weight excluding hydrogens is 179 g/mol. The summed E-state index contributed by atoms with van der Waals surface area (Å²) in [4.78, 5) is 7.17. The van der Waals surface area contributed by atoms with Gasteiger partial charge in [0.15, 0.2) is 0 Å². The summed E-state index contributed by atoms with van der Waals surface area (Å²) in [6.07, 6.45) is 1.23. The van der Waals surface area contributed by atoms with Crippen LogP contribution in [0.15, 0.2) is 18.3 Å². The standard InChI is InChI=1S/C11H13FN2/c1-11(2,3)9-5-7-4-8(12)6-13-10(7)14-9/h4-6H,1-3H3,(H,13,14). The smallest absolute Gasteiger partial charge is 0.142 e. The van der Waals surface area contributed by atoms with Gasteiger partial charge in [0, 0.05) is 16.5 Å². The van der Waals surface area contributed by atoms with E-state index in [1.165, 1.54) is 12.3 Å². The number of pyridine rings is 1. The summed E-state index contributed by atoms with van der Waals surface area (Å²) < 4.78 is 12.9. The summed E-state index contributed by atoms with van der Waals surface area (Å²) in [5, 5.41) is 0.829. The van der Waals surface area contributed by atoms with Crippen molar-refractivity contribution in [2.24, 2.45) is 0 Å². The molecule has 0 aliphatic heterocycles. The molecule has 0 spiro atoms. The Hall–Kier alpha value is -1.38. The highest BCUT2D eigenvalue weighted by Crippen LogP contribution is 2.24. The number of nitrogens with zero attached hydrogens (tertiary/aromatic N) is 1. The summed E-state index contributed by atoms with van der Waals surface area (Å²) in [5.41, 5.74) is 1.86. The molecule has 2 aromatic rings. The third-order valence-electron chi connectivity index (χ3n) is 2.24. The summed E-state index contributed by atoms with van der Waals surface area (Å²) in [7, 11) is 0. The van der Waals surface area contributed by atoms with Crippen LogP contribution >= 0.6 is 0 Å². The molecule has 0 amide bonds. The van der Waals surface area contributed by atoms with E-state index >= 15 is 0 Å². The average molecular weight is 192 g/mol. The first-order valence-electron chi connectivity index (χ1n) is 4.61. The van der Waals surface area contributed by atoms with Gasteiger partial charge in [0.1, 0.15) is 11.5 Å². The van der Waals surface area contributed by atoms with E-state index < -0.39 is 0 Å². The number of rotatable bonds is 0. The molecule has 0 aliphatic rings. The average Bonchev–Trinajstić information content (AvgIpc) is 2.45. The van der Waals surface area contributed by atoms with E-state index in [1.54, 1.807) is 0 Å². The molecule has 1 N–H and O–H groups in total. The fourth-order valence-corrected chi connectivity index (χ4v) is 1.39. The number of hydrogen-bond donors (Lipinski definition) is 1. The van der Waals surface area contributed by atoms with Gasteiger partial charge in [-0.15, -0.1) is 0 Å². The van der Waals surface area contributed by atoms with Crippen molar-refractivity contribution < 1.29 is 4.39 Å². The molecule has 0 atom stereocenters. The van der Waals surface area contributed by atoms with E-state index in [-0.39, 0.29) is 11.2 Å². The van der Waals surface area contributed by atoms with Gasteiger partial charge >= 0.3 is 0 Å². The first-order valence-corrected chi connectivity index (χ1v) is 4.61. The molecule has 74 valence electrons. The molecule has 0 aliphatic carbocycles. The zero-order valence-corrected chi connectivity index (χ0v) is 8.56. The van der Waals surface area contributed by atoms with Crippen LogP contribution in [-0.2, 0) is 5.41 Å². The number of H-pyrrole nitrogens is 1. The van der Waals surface area contributed by atoms with Gasteiger partial charge in [-0.2, -0.15) is 0 Å². The fraction of sp³-hybridized carbons (Fsp3) is 0.364. The minimum Gasteiger partial charge on any atom is -0.343 e. The third-order valence-corrected chi connectivity index (χ3v) is 2.24. The monoisotopic (exact) mass is 192 g/mol. The van der Waals surface area contributed by atoms with Crippen LogP contribution in [0.5, 0.6) is 0 Å². The first kappa shape index (κ1) is 9.19. The summed E-state index contributed by atoms with van der Waals surface area (Å²) in [5.74, 6) is -0.294. The molecule has 0 aromatic carbocycles. The molecule has 2 rings (SSSR count). The van der Waals surface area contributed by atoms with Crippen LogP contribution < -0.4 is 0 Å². The number of aromatic nitrogens is 2. The maximum absolute atomic E-state index is 12.9. The lowest BCUT2D eigenvalue weighted by atomic mass is 9.92. The Morgan fingerprint density at radius 3 is 2.64 bits per heavy atom. The normalized spacial score (nSPS) is 12.3. The first-order chi connectivity index (χ1) is 6.47. The third kappa shape index (κ3) is 1.50. The molecule has 0 saturated carbocycles. The molecule has 2 heterocycles. The molecule has 14 heavy (non-hydrogen) atoms. The Morgan fingerprint density at radius 2 is 2.00 bits per heavy atom. The van der Waals surface area contributed by atoms with Gasteiger partial charge in [-0.3, -0.25) is 0 Å².